The van der Waals surface area contributed by atoms with Gasteiger partial charge >= 0.3 is 0 Å². The number of hydrogen-bond acceptors (Lipinski definition) is 1. The summed E-state index contributed by atoms with van der Waals surface area (Å²) in [6.07, 6.45) is 1.07. The molecule has 3 heteroatoms. The maximum Gasteiger partial charge on any atom is 0.236 e. The number of carbonyl (C=O) groups excluding carboxylic acids is 1. The summed E-state index contributed by atoms with van der Waals surface area (Å²) in [6.45, 7) is 9.30. The van der Waals surface area contributed by atoms with Crippen LogP contribution in [0.25, 0.3) is 0 Å². The number of nitrogens with zero attached hydrogens (tertiary/aromatic N) is 1. The Kier molecular flexibility index (Phi) is 6.41. The third-order valence-corrected chi connectivity index (χ3v) is 3.69. The van der Waals surface area contributed by atoms with E-state index >= 15 is 0 Å². The first kappa shape index (κ1) is 13.9. The van der Waals surface area contributed by atoms with Crippen molar-refractivity contribution in [3.63, 3.8) is 0 Å². The van der Waals surface area contributed by atoms with Crippen molar-refractivity contribution in [1.82, 2.24) is 4.90 Å². The summed E-state index contributed by atoms with van der Waals surface area (Å²) in [6, 6.07) is 0. The molecule has 0 rings (SSSR count). The number of carbonyl (C=O) groups is 1. The molecule has 0 bridgehead atoms. The number of alkyl halides is 1. The van der Waals surface area contributed by atoms with Crippen LogP contribution in [0.4, 0.5) is 0 Å². The number of amides is 1. The van der Waals surface area contributed by atoms with Crippen LogP contribution in [0.5, 0.6) is 0 Å². The van der Waals surface area contributed by atoms with Gasteiger partial charge in [-0.15, -0.1) is 0 Å². The molecule has 1 amide bonds. The van der Waals surface area contributed by atoms with Crippen molar-refractivity contribution in [1.29, 1.82) is 0 Å². The first-order chi connectivity index (χ1) is 6.36. The van der Waals surface area contributed by atoms with Gasteiger partial charge in [0.1, 0.15) is 0 Å². The smallest absolute Gasteiger partial charge is 0.236 e. The van der Waals surface area contributed by atoms with E-state index in [1.165, 1.54) is 0 Å². The standard InChI is InChI=1S/C11H22BrNO/c1-8(2)6-7-13(5)11(14)10(12)9(3)4/h8-10H,6-7H2,1-5H3. The fourth-order valence-electron chi connectivity index (χ4n) is 1.06. The van der Waals surface area contributed by atoms with Gasteiger partial charge in [0, 0.05) is 13.6 Å². The van der Waals surface area contributed by atoms with Crippen LogP contribution >= 0.6 is 15.9 Å². The van der Waals surface area contributed by atoms with Crippen molar-refractivity contribution in [3.05, 3.63) is 0 Å². The number of halogens is 1. The van der Waals surface area contributed by atoms with Gasteiger partial charge in [-0.3, -0.25) is 4.79 Å². The highest BCUT2D eigenvalue weighted by atomic mass is 79.9. The van der Waals surface area contributed by atoms with E-state index < -0.39 is 0 Å². The molecule has 0 aliphatic heterocycles. The lowest BCUT2D eigenvalue weighted by atomic mass is 10.1. The summed E-state index contributed by atoms with van der Waals surface area (Å²) < 4.78 is 0. The summed E-state index contributed by atoms with van der Waals surface area (Å²) in [5, 5.41) is 0. The molecule has 0 fully saturated rings. The van der Waals surface area contributed by atoms with Gasteiger partial charge in [0.25, 0.3) is 0 Å². The summed E-state index contributed by atoms with van der Waals surface area (Å²) in [5.41, 5.74) is 0. The molecule has 0 saturated heterocycles. The SMILES string of the molecule is CC(C)CCN(C)C(=O)C(Br)C(C)C. The molecule has 0 aromatic rings. The summed E-state index contributed by atoms with van der Waals surface area (Å²) in [4.78, 5) is 13.6. The van der Waals surface area contributed by atoms with Crippen molar-refractivity contribution in [2.75, 3.05) is 13.6 Å². The second-order valence-electron chi connectivity index (χ2n) is 4.59. The van der Waals surface area contributed by atoms with E-state index in [2.05, 4.69) is 29.8 Å². The molecule has 0 saturated carbocycles. The van der Waals surface area contributed by atoms with E-state index in [4.69, 9.17) is 0 Å². The molecule has 0 heterocycles. The highest BCUT2D eigenvalue weighted by Gasteiger charge is 2.21. The summed E-state index contributed by atoms with van der Waals surface area (Å²) >= 11 is 3.42. The van der Waals surface area contributed by atoms with Crippen LogP contribution in [-0.4, -0.2) is 29.2 Å². The molecule has 14 heavy (non-hydrogen) atoms. The Morgan fingerprint density at radius 2 is 1.79 bits per heavy atom. The largest absolute Gasteiger partial charge is 0.345 e. The van der Waals surface area contributed by atoms with E-state index in [1.54, 1.807) is 0 Å². The Morgan fingerprint density at radius 3 is 2.14 bits per heavy atom. The number of rotatable bonds is 5. The van der Waals surface area contributed by atoms with Crippen molar-refractivity contribution in [3.8, 4) is 0 Å². The van der Waals surface area contributed by atoms with Crippen molar-refractivity contribution in [2.24, 2.45) is 11.8 Å². The molecular weight excluding hydrogens is 242 g/mol. The Labute approximate surface area is 96.2 Å². The maximum atomic E-state index is 11.8. The summed E-state index contributed by atoms with van der Waals surface area (Å²) in [5.74, 6) is 1.20. The van der Waals surface area contributed by atoms with Gasteiger partial charge in [0.2, 0.25) is 5.91 Å². The van der Waals surface area contributed by atoms with Gasteiger partial charge in [0.15, 0.2) is 0 Å². The minimum Gasteiger partial charge on any atom is -0.345 e. The van der Waals surface area contributed by atoms with Crippen molar-refractivity contribution >= 4 is 21.8 Å². The van der Waals surface area contributed by atoms with E-state index in [-0.39, 0.29) is 10.7 Å². The molecule has 0 aliphatic rings. The topological polar surface area (TPSA) is 20.3 Å². The highest BCUT2D eigenvalue weighted by Crippen LogP contribution is 2.15. The van der Waals surface area contributed by atoms with Gasteiger partial charge in [-0.2, -0.15) is 0 Å². The Bertz CT molecular complexity index is 180. The molecule has 0 aromatic heterocycles. The normalized spacial score (nSPS) is 13.4. The lowest BCUT2D eigenvalue weighted by Gasteiger charge is -2.23. The molecule has 84 valence electrons. The second-order valence-corrected chi connectivity index (χ2v) is 5.57. The fraction of sp³-hybridized carbons (Fsp3) is 0.909. The molecule has 0 N–H and O–H groups in total. The van der Waals surface area contributed by atoms with Gasteiger partial charge in [-0.25, -0.2) is 0 Å². The molecule has 1 unspecified atom stereocenters. The van der Waals surface area contributed by atoms with E-state index in [9.17, 15) is 4.79 Å². The van der Waals surface area contributed by atoms with Crippen molar-refractivity contribution in [2.45, 2.75) is 38.9 Å². The van der Waals surface area contributed by atoms with E-state index in [0.29, 0.717) is 11.8 Å². The Hall–Kier alpha value is -0.0500. The average Bonchev–Trinajstić information content (AvgIpc) is 2.11. The Morgan fingerprint density at radius 1 is 1.29 bits per heavy atom. The maximum absolute atomic E-state index is 11.8. The highest BCUT2D eigenvalue weighted by molar-refractivity contribution is 9.10. The van der Waals surface area contributed by atoms with Crippen LogP contribution in [0.2, 0.25) is 0 Å². The molecule has 2 nitrogen and oxygen atoms in total. The molecule has 0 spiro atoms. The zero-order chi connectivity index (χ0) is 11.3. The lowest BCUT2D eigenvalue weighted by Crippen LogP contribution is -2.36. The molecule has 1 atom stereocenters. The van der Waals surface area contributed by atoms with Gasteiger partial charge in [-0.1, -0.05) is 43.6 Å². The van der Waals surface area contributed by atoms with Gasteiger partial charge < -0.3 is 4.90 Å². The van der Waals surface area contributed by atoms with Crippen molar-refractivity contribution < 1.29 is 4.79 Å². The first-order valence-electron chi connectivity index (χ1n) is 5.25. The monoisotopic (exact) mass is 263 g/mol. The zero-order valence-corrected chi connectivity index (χ0v) is 11.5. The van der Waals surface area contributed by atoms with E-state index in [1.807, 2.05) is 25.8 Å². The molecule has 0 radical (unpaired) electrons. The van der Waals surface area contributed by atoms with Gasteiger partial charge in [0.05, 0.1) is 4.83 Å². The first-order valence-corrected chi connectivity index (χ1v) is 6.16. The van der Waals surface area contributed by atoms with Crippen LogP contribution in [-0.2, 0) is 4.79 Å². The zero-order valence-electron chi connectivity index (χ0n) is 9.88. The third-order valence-electron chi connectivity index (χ3n) is 2.24. The quantitative estimate of drug-likeness (QED) is 0.699. The molecular formula is C11H22BrNO. The Balaban J connectivity index is 3.99. The van der Waals surface area contributed by atoms with E-state index in [0.717, 1.165) is 13.0 Å². The summed E-state index contributed by atoms with van der Waals surface area (Å²) in [7, 11) is 1.88. The predicted octanol–water partition coefficient (Wildman–Crippen LogP) is 2.91. The third kappa shape index (κ3) is 4.99. The van der Waals surface area contributed by atoms with Crippen LogP contribution in [0.3, 0.4) is 0 Å². The second kappa shape index (κ2) is 6.44. The minimum atomic E-state index is -0.0420. The van der Waals surface area contributed by atoms with Crippen LogP contribution in [0.1, 0.15) is 34.1 Å². The molecule has 0 aliphatic carbocycles. The average molecular weight is 264 g/mol. The minimum absolute atomic E-state index is 0.0420. The van der Waals surface area contributed by atoms with Gasteiger partial charge in [-0.05, 0) is 18.3 Å². The predicted molar refractivity (Wildman–Crippen MR) is 64.6 cm³/mol. The fourth-order valence-corrected chi connectivity index (χ4v) is 1.41. The lowest BCUT2D eigenvalue weighted by molar-refractivity contribution is -0.130. The van der Waals surface area contributed by atoms with Crippen LogP contribution in [0.15, 0.2) is 0 Å². The van der Waals surface area contributed by atoms with Crippen LogP contribution < -0.4 is 0 Å². The number of hydrogen-bond donors (Lipinski definition) is 0. The molecule has 0 aromatic carbocycles. The van der Waals surface area contributed by atoms with Crippen LogP contribution in [0, 0.1) is 11.8 Å².